The average molecular weight is 208 g/mol. The fraction of sp³-hybridized carbons (Fsp3) is 0.455. The van der Waals surface area contributed by atoms with E-state index in [0.717, 1.165) is 11.4 Å². The second kappa shape index (κ2) is 4.05. The molecular weight excluding hydrogens is 192 g/mol. The van der Waals surface area contributed by atoms with E-state index in [9.17, 15) is 0 Å². The Morgan fingerprint density at radius 1 is 1.43 bits per heavy atom. The van der Waals surface area contributed by atoms with Crippen molar-refractivity contribution in [1.29, 1.82) is 0 Å². The Bertz CT molecular complexity index is 356. The van der Waals surface area contributed by atoms with Gasteiger partial charge in [0.05, 0.1) is 0 Å². The highest BCUT2D eigenvalue weighted by Crippen LogP contribution is 2.35. The highest BCUT2D eigenvalue weighted by atomic mass is 32.1. The predicted molar refractivity (Wildman–Crippen MR) is 64.7 cm³/mol. The van der Waals surface area contributed by atoms with Crippen LogP contribution in [0.1, 0.15) is 38.1 Å². The van der Waals surface area contributed by atoms with Crippen LogP contribution in [-0.4, -0.2) is 11.1 Å². The van der Waals surface area contributed by atoms with Crippen molar-refractivity contribution in [3.05, 3.63) is 16.5 Å². The molecule has 14 heavy (non-hydrogen) atoms. The molecule has 1 heterocycles. The molecule has 1 rings (SSSR count). The van der Waals surface area contributed by atoms with E-state index in [4.69, 9.17) is 0 Å². The van der Waals surface area contributed by atoms with E-state index in [1.165, 1.54) is 16.4 Å². The molecule has 0 fully saturated rings. The van der Waals surface area contributed by atoms with Crippen LogP contribution in [-0.2, 0) is 5.41 Å². The first-order valence-electron chi connectivity index (χ1n) is 4.60. The van der Waals surface area contributed by atoms with Gasteiger partial charge in [-0.3, -0.25) is 0 Å². The Labute approximate surface area is 89.6 Å². The standard InChI is InChI=1S/C11H16N2S/c1-6-7-8-9(11(2,3)4)14-13-10(8)12-5/h6-7H,5H2,1-4H3/b7-6-. The van der Waals surface area contributed by atoms with Crippen molar-refractivity contribution in [3.8, 4) is 0 Å². The summed E-state index contributed by atoms with van der Waals surface area (Å²) in [5.74, 6) is 0.748. The van der Waals surface area contributed by atoms with E-state index in [1.807, 2.05) is 19.1 Å². The van der Waals surface area contributed by atoms with Crippen LogP contribution in [0.2, 0.25) is 0 Å². The largest absolute Gasteiger partial charge is 0.244 e. The number of hydrogen-bond donors (Lipinski definition) is 0. The minimum absolute atomic E-state index is 0.120. The maximum Gasteiger partial charge on any atom is 0.172 e. The van der Waals surface area contributed by atoms with Crippen LogP contribution in [0.4, 0.5) is 5.82 Å². The normalized spacial score (nSPS) is 12.3. The van der Waals surface area contributed by atoms with Crippen molar-refractivity contribution in [2.45, 2.75) is 33.1 Å². The van der Waals surface area contributed by atoms with Gasteiger partial charge < -0.3 is 0 Å². The molecular formula is C11H16N2S. The number of aliphatic imine (C=N–C) groups is 1. The predicted octanol–water partition coefficient (Wildman–Crippen LogP) is 3.81. The summed E-state index contributed by atoms with van der Waals surface area (Å²) in [4.78, 5) is 5.18. The van der Waals surface area contributed by atoms with E-state index in [-0.39, 0.29) is 5.41 Å². The molecule has 0 bridgehead atoms. The van der Waals surface area contributed by atoms with Gasteiger partial charge in [0.2, 0.25) is 0 Å². The lowest BCUT2D eigenvalue weighted by Crippen LogP contribution is -2.09. The lowest BCUT2D eigenvalue weighted by molar-refractivity contribution is 0.603. The van der Waals surface area contributed by atoms with Gasteiger partial charge in [0.1, 0.15) is 0 Å². The molecule has 0 unspecified atom stereocenters. The zero-order chi connectivity index (χ0) is 10.8. The maximum atomic E-state index is 4.28. The molecule has 0 spiro atoms. The summed E-state index contributed by atoms with van der Waals surface area (Å²) < 4.78 is 4.28. The van der Waals surface area contributed by atoms with Crippen LogP contribution in [0.5, 0.6) is 0 Å². The molecule has 0 aliphatic heterocycles. The van der Waals surface area contributed by atoms with Crippen LogP contribution < -0.4 is 0 Å². The van der Waals surface area contributed by atoms with Gasteiger partial charge in [-0.25, -0.2) is 4.99 Å². The van der Waals surface area contributed by atoms with Crippen LogP contribution in [0.15, 0.2) is 11.1 Å². The summed E-state index contributed by atoms with van der Waals surface area (Å²) in [6.45, 7) is 12.1. The third-order valence-electron chi connectivity index (χ3n) is 1.87. The summed E-state index contributed by atoms with van der Waals surface area (Å²) in [6.07, 6.45) is 4.06. The highest BCUT2D eigenvalue weighted by molar-refractivity contribution is 7.06. The van der Waals surface area contributed by atoms with E-state index in [1.54, 1.807) is 0 Å². The second-order valence-electron chi connectivity index (χ2n) is 4.16. The molecule has 76 valence electrons. The van der Waals surface area contributed by atoms with Crippen molar-refractivity contribution in [1.82, 2.24) is 4.37 Å². The number of nitrogens with zero attached hydrogens (tertiary/aromatic N) is 2. The molecule has 1 aromatic heterocycles. The molecule has 1 aromatic rings. The third-order valence-corrected chi connectivity index (χ3v) is 3.15. The number of allylic oxidation sites excluding steroid dienone is 1. The number of rotatable bonds is 2. The minimum atomic E-state index is 0.120. The van der Waals surface area contributed by atoms with Gasteiger partial charge in [-0.1, -0.05) is 32.9 Å². The number of aromatic nitrogens is 1. The maximum absolute atomic E-state index is 4.28. The molecule has 0 saturated carbocycles. The monoisotopic (exact) mass is 208 g/mol. The molecule has 0 aliphatic rings. The first kappa shape index (κ1) is 11.1. The van der Waals surface area contributed by atoms with E-state index >= 15 is 0 Å². The Morgan fingerprint density at radius 3 is 2.50 bits per heavy atom. The van der Waals surface area contributed by atoms with E-state index in [0.29, 0.717) is 0 Å². The van der Waals surface area contributed by atoms with Crippen molar-refractivity contribution in [3.63, 3.8) is 0 Å². The molecule has 2 nitrogen and oxygen atoms in total. The summed E-state index contributed by atoms with van der Waals surface area (Å²) in [7, 11) is 0. The number of hydrogen-bond acceptors (Lipinski definition) is 3. The van der Waals surface area contributed by atoms with Gasteiger partial charge in [-0.2, -0.15) is 4.37 Å². The van der Waals surface area contributed by atoms with Crippen LogP contribution in [0.25, 0.3) is 6.08 Å². The summed E-state index contributed by atoms with van der Waals surface area (Å²) >= 11 is 1.51. The quantitative estimate of drug-likeness (QED) is 0.678. The average Bonchev–Trinajstić information content (AvgIpc) is 2.47. The fourth-order valence-electron chi connectivity index (χ4n) is 1.26. The van der Waals surface area contributed by atoms with Crippen molar-refractivity contribution >= 4 is 30.1 Å². The Hall–Kier alpha value is -0.960. The van der Waals surface area contributed by atoms with Crippen LogP contribution >= 0.6 is 11.5 Å². The Morgan fingerprint density at radius 2 is 2.07 bits per heavy atom. The SMILES string of the molecule is C=Nc1nsc(C(C)(C)C)c1/C=C\C. The highest BCUT2D eigenvalue weighted by Gasteiger charge is 2.22. The van der Waals surface area contributed by atoms with E-state index < -0.39 is 0 Å². The minimum Gasteiger partial charge on any atom is -0.244 e. The van der Waals surface area contributed by atoms with Crippen molar-refractivity contribution in [2.75, 3.05) is 0 Å². The molecule has 0 N–H and O–H groups in total. The van der Waals surface area contributed by atoms with Gasteiger partial charge in [0.25, 0.3) is 0 Å². The Kier molecular flexibility index (Phi) is 3.21. The summed E-state index contributed by atoms with van der Waals surface area (Å²) in [5.41, 5.74) is 1.23. The summed E-state index contributed by atoms with van der Waals surface area (Å²) in [5, 5.41) is 0. The molecule has 0 amide bonds. The van der Waals surface area contributed by atoms with Crippen LogP contribution in [0.3, 0.4) is 0 Å². The van der Waals surface area contributed by atoms with Gasteiger partial charge in [0.15, 0.2) is 5.82 Å². The lowest BCUT2D eigenvalue weighted by Gasteiger charge is -2.16. The zero-order valence-electron chi connectivity index (χ0n) is 9.16. The zero-order valence-corrected chi connectivity index (χ0v) is 9.98. The smallest absolute Gasteiger partial charge is 0.172 e. The van der Waals surface area contributed by atoms with E-state index in [2.05, 4.69) is 36.9 Å². The third kappa shape index (κ3) is 2.10. The molecule has 0 radical (unpaired) electrons. The first-order chi connectivity index (χ1) is 6.50. The van der Waals surface area contributed by atoms with Crippen LogP contribution in [0, 0.1) is 0 Å². The molecule has 0 saturated heterocycles. The molecule has 0 aromatic carbocycles. The molecule has 0 atom stereocenters. The van der Waals surface area contributed by atoms with Gasteiger partial charge in [-0.15, -0.1) is 0 Å². The van der Waals surface area contributed by atoms with Gasteiger partial charge in [0, 0.05) is 10.4 Å². The molecule has 0 aliphatic carbocycles. The fourth-order valence-corrected chi connectivity index (χ4v) is 2.13. The lowest BCUT2D eigenvalue weighted by atomic mass is 9.91. The first-order valence-corrected chi connectivity index (χ1v) is 5.37. The molecule has 3 heteroatoms. The van der Waals surface area contributed by atoms with Gasteiger partial charge >= 0.3 is 0 Å². The second-order valence-corrected chi connectivity index (χ2v) is 4.93. The van der Waals surface area contributed by atoms with Crippen molar-refractivity contribution < 1.29 is 0 Å². The van der Waals surface area contributed by atoms with Crippen molar-refractivity contribution in [2.24, 2.45) is 4.99 Å². The summed E-state index contributed by atoms with van der Waals surface area (Å²) in [6, 6.07) is 0. The Balaban J connectivity index is 3.31. The topological polar surface area (TPSA) is 25.2 Å². The van der Waals surface area contributed by atoms with Gasteiger partial charge in [-0.05, 0) is 30.6 Å².